The molecule has 2 N–H and O–H groups in total. The third-order valence-electron chi connectivity index (χ3n) is 5.22. The van der Waals surface area contributed by atoms with Crippen molar-refractivity contribution in [2.45, 2.75) is 46.6 Å². The molecule has 2 heteroatoms. The van der Waals surface area contributed by atoms with Crippen molar-refractivity contribution in [2.75, 3.05) is 19.6 Å². The molecule has 2 nitrogen and oxygen atoms in total. The van der Waals surface area contributed by atoms with Crippen LogP contribution in [0.2, 0.25) is 0 Å². The van der Waals surface area contributed by atoms with E-state index in [1.807, 2.05) is 0 Å². The summed E-state index contributed by atoms with van der Waals surface area (Å²) in [6, 6.07) is 0.731. The predicted molar refractivity (Wildman–Crippen MR) is 64.9 cm³/mol. The Morgan fingerprint density at radius 1 is 1.13 bits per heavy atom. The van der Waals surface area contributed by atoms with Crippen LogP contribution in [0.5, 0.6) is 0 Å². The van der Waals surface area contributed by atoms with Gasteiger partial charge in [-0.2, -0.15) is 0 Å². The zero-order valence-electron chi connectivity index (χ0n) is 10.7. The van der Waals surface area contributed by atoms with Gasteiger partial charge >= 0.3 is 0 Å². The fourth-order valence-electron chi connectivity index (χ4n) is 3.18. The molecule has 1 aliphatic heterocycles. The lowest BCUT2D eigenvalue weighted by molar-refractivity contribution is 0.457. The van der Waals surface area contributed by atoms with E-state index < -0.39 is 0 Å². The Bertz CT molecular complexity index is 213. The zero-order valence-corrected chi connectivity index (χ0v) is 10.7. The van der Waals surface area contributed by atoms with E-state index in [0.29, 0.717) is 10.8 Å². The number of hydrogen-bond donors (Lipinski definition) is 2. The van der Waals surface area contributed by atoms with Crippen molar-refractivity contribution in [3.8, 4) is 0 Å². The van der Waals surface area contributed by atoms with Crippen molar-refractivity contribution < 1.29 is 0 Å². The van der Waals surface area contributed by atoms with Gasteiger partial charge in [-0.15, -0.1) is 0 Å². The van der Waals surface area contributed by atoms with Crippen LogP contribution in [-0.4, -0.2) is 25.7 Å². The molecule has 0 aromatic heterocycles. The van der Waals surface area contributed by atoms with Gasteiger partial charge < -0.3 is 10.6 Å². The fraction of sp³-hybridized carbons (Fsp3) is 1.00. The summed E-state index contributed by atoms with van der Waals surface area (Å²) in [5.41, 5.74) is 1.06. The maximum atomic E-state index is 3.64. The minimum Gasteiger partial charge on any atom is -0.315 e. The highest BCUT2D eigenvalue weighted by molar-refractivity contribution is 5.12. The van der Waals surface area contributed by atoms with Gasteiger partial charge in [-0.3, -0.25) is 0 Å². The summed E-state index contributed by atoms with van der Waals surface area (Å²) < 4.78 is 0. The molecule has 1 heterocycles. The van der Waals surface area contributed by atoms with E-state index in [4.69, 9.17) is 0 Å². The van der Waals surface area contributed by atoms with Gasteiger partial charge in [0.1, 0.15) is 0 Å². The smallest absolute Gasteiger partial charge is 0.0192 e. The average Bonchev–Trinajstić information content (AvgIpc) is 2.62. The Kier molecular flexibility index (Phi) is 2.85. The molecule has 15 heavy (non-hydrogen) atoms. The standard InChI is InChI=1S/C13H26N2/c1-12(2)11(13(12,3)4)9-14-8-10-6-5-7-15-10/h10-11,14-15H,5-9H2,1-4H3. The summed E-state index contributed by atoms with van der Waals surface area (Å²) in [4.78, 5) is 0. The Balaban J connectivity index is 1.67. The summed E-state index contributed by atoms with van der Waals surface area (Å²) >= 11 is 0. The van der Waals surface area contributed by atoms with Crippen molar-refractivity contribution >= 4 is 0 Å². The van der Waals surface area contributed by atoms with E-state index in [2.05, 4.69) is 38.3 Å². The first-order valence-corrected chi connectivity index (χ1v) is 6.40. The van der Waals surface area contributed by atoms with Crippen molar-refractivity contribution in [3.63, 3.8) is 0 Å². The van der Waals surface area contributed by atoms with Crippen LogP contribution in [0, 0.1) is 16.7 Å². The lowest BCUT2D eigenvalue weighted by atomic mass is 10.0. The first kappa shape index (κ1) is 11.4. The highest BCUT2D eigenvalue weighted by Crippen LogP contribution is 2.67. The molecule has 2 fully saturated rings. The maximum Gasteiger partial charge on any atom is 0.0192 e. The molecule has 0 amide bonds. The van der Waals surface area contributed by atoms with Crippen LogP contribution in [0.15, 0.2) is 0 Å². The van der Waals surface area contributed by atoms with E-state index in [-0.39, 0.29) is 0 Å². The average molecular weight is 210 g/mol. The highest BCUT2D eigenvalue weighted by Gasteiger charge is 2.63. The monoisotopic (exact) mass is 210 g/mol. The van der Waals surface area contributed by atoms with Crippen molar-refractivity contribution in [3.05, 3.63) is 0 Å². The first-order chi connectivity index (χ1) is 6.96. The van der Waals surface area contributed by atoms with Crippen LogP contribution < -0.4 is 10.6 Å². The first-order valence-electron chi connectivity index (χ1n) is 6.40. The van der Waals surface area contributed by atoms with Crippen molar-refractivity contribution in [2.24, 2.45) is 16.7 Å². The minimum atomic E-state index is 0.531. The van der Waals surface area contributed by atoms with Crippen molar-refractivity contribution in [1.29, 1.82) is 0 Å². The van der Waals surface area contributed by atoms with Crippen LogP contribution in [-0.2, 0) is 0 Å². The van der Waals surface area contributed by atoms with E-state index in [9.17, 15) is 0 Å². The summed E-state index contributed by atoms with van der Waals surface area (Å²) in [5, 5.41) is 7.17. The second-order valence-corrected chi connectivity index (χ2v) is 6.45. The fourth-order valence-corrected chi connectivity index (χ4v) is 3.18. The topological polar surface area (TPSA) is 24.1 Å². The normalized spacial score (nSPS) is 33.2. The molecule has 0 aromatic carbocycles. The van der Waals surface area contributed by atoms with Gasteiger partial charge in [0.05, 0.1) is 0 Å². The maximum absolute atomic E-state index is 3.64. The molecule has 0 radical (unpaired) electrons. The second-order valence-electron chi connectivity index (χ2n) is 6.45. The molecular weight excluding hydrogens is 184 g/mol. The molecule has 1 saturated carbocycles. The molecule has 1 atom stereocenters. The Hall–Kier alpha value is -0.0800. The zero-order chi connectivity index (χ0) is 11.1. The van der Waals surface area contributed by atoms with Gasteiger partial charge in [0.15, 0.2) is 0 Å². The Morgan fingerprint density at radius 2 is 1.80 bits per heavy atom. The van der Waals surface area contributed by atoms with Crippen LogP contribution in [0.25, 0.3) is 0 Å². The van der Waals surface area contributed by atoms with Crippen LogP contribution >= 0.6 is 0 Å². The molecule has 1 aliphatic carbocycles. The molecule has 0 bridgehead atoms. The van der Waals surface area contributed by atoms with Gasteiger partial charge in [-0.05, 0) is 42.7 Å². The number of nitrogens with one attached hydrogen (secondary N) is 2. The quantitative estimate of drug-likeness (QED) is 0.742. The van der Waals surface area contributed by atoms with E-state index >= 15 is 0 Å². The number of rotatable bonds is 4. The van der Waals surface area contributed by atoms with E-state index in [0.717, 1.165) is 18.5 Å². The van der Waals surface area contributed by atoms with Crippen LogP contribution in [0.3, 0.4) is 0 Å². The lowest BCUT2D eigenvalue weighted by Crippen LogP contribution is -2.35. The SMILES string of the molecule is CC1(C)C(CNCC2CCCN2)C1(C)C. The highest BCUT2D eigenvalue weighted by atomic mass is 15.0. The lowest BCUT2D eigenvalue weighted by Gasteiger charge is -2.12. The number of hydrogen-bond acceptors (Lipinski definition) is 2. The largest absolute Gasteiger partial charge is 0.315 e. The van der Waals surface area contributed by atoms with Gasteiger partial charge in [0, 0.05) is 12.6 Å². The minimum absolute atomic E-state index is 0.531. The molecule has 0 spiro atoms. The van der Waals surface area contributed by atoms with Crippen LogP contribution in [0.1, 0.15) is 40.5 Å². The molecule has 1 unspecified atom stereocenters. The van der Waals surface area contributed by atoms with Gasteiger partial charge in [0.25, 0.3) is 0 Å². The van der Waals surface area contributed by atoms with E-state index in [1.54, 1.807) is 0 Å². The molecule has 1 saturated heterocycles. The van der Waals surface area contributed by atoms with Crippen molar-refractivity contribution in [1.82, 2.24) is 10.6 Å². The molecule has 2 rings (SSSR count). The third kappa shape index (κ3) is 1.94. The predicted octanol–water partition coefficient (Wildman–Crippen LogP) is 2.01. The van der Waals surface area contributed by atoms with Gasteiger partial charge in [0.2, 0.25) is 0 Å². The van der Waals surface area contributed by atoms with Gasteiger partial charge in [-0.25, -0.2) is 0 Å². The molecular formula is C13H26N2. The molecule has 0 aromatic rings. The van der Waals surface area contributed by atoms with E-state index in [1.165, 1.54) is 25.9 Å². The summed E-state index contributed by atoms with van der Waals surface area (Å²) in [5.74, 6) is 0.853. The van der Waals surface area contributed by atoms with Crippen LogP contribution in [0.4, 0.5) is 0 Å². The third-order valence-corrected chi connectivity index (χ3v) is 5.22. The Labute approximate surface area is 94.2 Å². The molecule has 2 aliphatic rings. The summed E-state index contributed by atoms with van der Waals surface area (Å²) in [7, 11) is 0. The second kappa shape index (κ2) is 3.74. The van der Waals surface area contributed by atoms with Gasteiger partial charge in [-0.1, -0.05) is 27.7 Å². The summed E-state index contributed by atoms with van der Waals surface area (Å²) in [6.45, 7) is 13.1. The molecule has 88 valence electrons. The Morgan fingerprint density at radius 3 is 2.27 bits per heavy atom. The summed E-state index contributed by atoms with van der Waals surface area (Å²) in [6.07, 6.45) is 2.71.